The summed E-state index contributed by atoms with van der Waals surface area (Å²) in [6.07, 6.45) is 0. The normalized spacial score (nSPS) is 27.1. The van der Waals surface area contributed by atoms with Gasteiger partial charge in [-0.3, -0.25) is 4.79 Å². The van der Waals surface area contributed by atoms with Gasteiger partial charge < -0.3 is 24.1 Å². The Morgan fingerprint density at radius 3 is 2.39 bits per heavy atom. The molecule has 0 unspecified atom stereocenters. The van der Waals surface area contributed by atoms with Gasteiger partial charge in [-0.05, 0) is 58.4 Å². The number of carbonyl (C=O) groups is 1. The molecule has 0 radical (unpaired) electrons. The Kier molecular flexibility index (Phi) is 5.06. The van der Waals surface area contributed by atoms with Crippen LogP contribution in [0, 0.1) is 19.3 Å². The lowest BCUT2D eigenvalue weighted by Crippen LogP contribution is -2.62. The van der Waals surface area contributed by atoms with Gasteiger partial charge >= 0.3 is 5.97 Å². The summed E-state index contributed by atoms with van der Waals surface area (Å²) in [4.78, 5) is 13.8. The monoisotopic (exact) mass is 426 g/mol. The number of carbonyl (C=O) groups excluding carboxylic acids is 1. The van der Waals surface area contributed by atoms with E-state index in [0.717, 1.165) is 22.3 Å². The van der Waals surface area contributed by atoms with Gasteiger partial charge in [0.05, 0.1) is 13.7 Å². The SMILES string of the molecule is COc1ccc2c(c1)[C@H](c1cc(C)cc(C)c1)[C@]1(C(=O)OC(C)(C)C)COC[C@]1(O)O2. The van der Waals surface area contributed by atoms with Gasteiger partial charge in [0.2, 0.25) is 0 Å². The van der Waals surface area contributed by atoms with E-state index in [4.69, 9.17) is 18.9 Å². The maximum atomic E-state index is 13.8. The van der Waals surface area contributed by atoms with Crippen molar-refractivity contribution < 1.29 is 28.8 Å². The van der Waals surface area contributed by atoms with Gasteiger partial charge in [-0.15, -0.1) is 0 Å². The summed E-state index contributed by atoms with van der Waals surface area (Å²) in [5.74, 6) is -1.82. The van der Waals surface area contributed by atoms with Gasteiger partial charge in [-0.1, -0.05) is 29.3 Å². The molecule has 31 heavy (non-hydrogen) atoms. The Morgan fingerprint density at radius 2 is 1.77 bits per heavy atom. The van der Waals surface area contributed by atoms with Crippen LogP contribution in [-0.2, 0) is 14.3 Å². The molecule has 2 aliphatic heterocycles. The molecule has 2 aliphatic rings. The standard InChI is InChI=1S/C25H30O6/c1-15-9-16(2)11-17(10-15)21-19-12-18(28-6)7-8-20(19)30-25(27)14-29-13-24(21,25)22(26)31-23(3,4)5/h7-12,21,27H,13-14H2,1-6H3/t21-,24-,25-/m0/s1. The number of aliphatic hydroxyl groups is 1. The number of hydrogen-bond donors (Lipinski definition) is 1. The first-order valence-electron chi connectivity index (χ1n) is 10.5. The molecule has 0 spiro atoms. The third-order valence-corrected chi connectivity index (χ3v) is 5.96. The van der Waals surface area contributed by atoms with E-state index < -0.39 is 28.7 Å². The zero-order valence-electron chi connectivity index (χ0n) is 18.9. The van der Waals surface area contributed by atoms with Gasteiger partial charge in [0.1, 0.15) is 23.7 Å². The smallest absolute Gasteiger partial charge is 0.322 e. The minimum Gasteiger partial charge on any atom is -0.497 e. The van der Waals surface area contributed by atoms with E-state index in [0.29, 0.717) is 11.5 Å². The van der Waals surface area contributed by atoms with E-state index in [1.165, 1.54) is 0 Å². The molecular weight excluding hydrogens is 396 g/mol. The molecule has 2 heterocycles. The van der Waals surface area contributed by atoms with Crippen LogP contribution < -0.4 is 9.47 Å². The summed E-state index contributed by atoms with van der Waals surface area (Å²) in [7, 11) is 1.59. The van der Waals surface area contributed by atoms with Crippen LogP contribution in [0.5, 0.6) is 11.5 Å². The second-order valence-electron chi connectivity index (χ2n) is 9.61. The molecule has 6 heteroatoms. The van der Waals surface area contributed by atoms with Crippen molar-refractivity contribution in [2.75, 3.05) is 20.3 Å². The van der Waals surface area contributed by atoms with Crippen molar-refractivity contribution in [3.63, 3.8) is 0 Å². The van der Waals surface area contributed by atoms with Crippen molar-refractivity contribution in [3.8, 4) is 11.5 Å². The number of ether oxygens (including phenoxy) is 4. The zero-order chi connectivity index (χ0) is 22.6. The third kappa shape index (κ3) is 3.48. The minimum absolute atomic E-state index is 0.0211. The fourth-order valence-corrected chi connectivity index (χ4v) is 4.79. The molecule has 6 nitrogen and oxygen atoms in total. The number of aryl methyl sites for hydroxylation is 2. The summed E-state index contributed by atoms with van der Waals surface area (Å²) in [5.41, 5.74) is 1.56. The topological polar surface area (TPSA) is 74.2 Å². The summed E-state index contributed by atoms with van der Waals surface area (Å²) in [6, 6.07) is 11.6. The van der Waals surface area contributed by atoms with Crippen LogP contribution in [0.1, 0.15) is 48.9 Å². The highest BCUT2D eigenvalue weighted by atomic mass is 16.7. The Labute approximate surface area is 183 Å². The Morgan fingerprint density at radius 1 is 1.10 bits per heavy atom. The Balaban J connectivity index is 2.02. The van der Waals surface area contributed by atoms with E-state index in [1.807, 2.05) is 52.8 Å². The second kappa shape index (κ2) is 7.24. The van der Waals surface area contributed by atoms with E-state index in [-0.39, 0.29) is 13.2 Å². The van der Waals surface area contributed by atoms with E-state index in [1.54, 1.807) is 19.2 Å². The number of benzene rings is 2. The molecule has 0 aromatic heterocycles. The number of fused-ring (bicyclic) bond motifs is 2. The molecule has 0 saturated carbocycles. The minimum atomic E-state index is -1.86. The van der Waals surface area contributed by atoms with Crippen molar-refractivity contribution in [3.05, 3.63) is 58.7 Å². The first-order valence-corrected chi connectivity index (χ1v) is 10.5. The molecule has 166 valence electrons. The average Bonchev–Trinajstić information content (AvgIpc) is 3.00. The molecule has 4 rings (SSSR count). The largest absolute Gasteiger partial charge is 0.497 e. The molecule has 1 fully saturated rings. The Bertz CT molecular complexity index is 1000. The van der Waals surface area contributed by atoms with Crippen molar-refractivity contribution in [2.45, 2.75) is 51.9 Å². The lowest BCUT2D eigenvalue weighted by molar-refractivity contribution is -0.230. The zero-order valence-corrected chi connectivity index (χ0v) is 18.9. The predicted molar refractivity (Wildman–Crippen MR) is 115 cm³/mol. The summed E-state index contributed by atoms with van der Waals surface area (Å²) in [5, 5.41) is 11.7. The van der Waals surface area contributed by atoms with Crippen molar-refractivity contribution >= 4 is 5.97 Å². The maximum absolute atomic E-state index is 13.8. The summed E-state index contributed by atoms with van der Waals surface area (Å²) >= 11 is 0. The fraction of sp³-hybridized carbons (Fsp3) is 0.480. The van der Waals surface area contributed by atoms with E-state index in [2.05, 4.69) is 6.07 Å². The van der Waals surface area contributed by atoms with Crippen LogP contribution in [0.2, 0.25) is 0 Å². The van der Waals surface area contributed by atoms with Crippen LogP contribution in [0.15, 0.2) is 36.4 Å². The highest BCUT2D eigenvalue weighted by Gasteiger charge is 2.71. The number of methoxy groups -OCH3 is 1. The molecule has 0 bridgehead atoms. The second-order valence-corrected chi connectivity index (χ2v) is 9.61. The molecule has 1 saturated heterocycles. The first kappa shape index (κ1) is 21.7. The predicted octanol–water partition coefficient (Wildman–Crippen LogP) is 3.88. The molecular formula is C25H30O6. The van der Waals surface area contributed by atoms with E-state index in [9.17, 15) is 9.90 Å². The van der Waals surface area contributed by atoms with Crippen LogP contribution in [0.3, 0.4) is 0 Å². The van der Waals surface area contributed by atoms with Gasteiger partial charge in [-0.2, -0.15) is 0 Å². The van der Waals surface area contributed by atoms with Gasteiger partial charge in [0, 0.05) is 11.5 Å². The van der Waals surface area contributed by atoms with Crippen molar-refractivity contribution in [1.29, 1.82) is 0 Å². The molecule has 1 N–H and O–H groups in total. The lowest BCUT2D eigenvalue weighted by atomic mass is 9.63. The molecule has 2 aromatic rings. The Hall–Kier alpha value is -2.57. The van der Waals surface area contributed by atoms with Crippen LogP contribution in [-0.4, -0.2) is 42.8 Å². The lowest BCUT2D eigenvalue weighted by Gasteiger charge is -2.48. The number of rotatable bonds is 3. The van der Waals surface area contributed by atoms with Gasteiger partial charge in [0.15, 0.2) is 5.41 Å². The van der Waals surface area contributed by atoms with Crippen LogP contribution in [0.25, 0.3) is 0 Å². The van der Waals surface area contributed by atoms with Gasteiger partial charge in [0.25, 0.3) is 5.79 Å². The first-order chi connectivity index (χ1) is 14.5. The average molecular weight is 427 g/mol. The molecule has 0 amide bonds. The van der Waals surface area contributed by atoms with Crippen LogP contribution >= 0.6 is 0 Å². The van der Waals surface area contributed by atoms with Crippen molar-refractivity contribution in [2.24, 2.45) is 5.41 Å². The molecule has 2 aromatic carbocycles. The molecule has 0 aliphatic carbocycles. The maximum Gasteiger partial charge on any atom is 0.322 e. The number of hydrogen-bond acceptors (Lipinski definition) is 6. The summed E-state index contributed by atoms with van der Waals surface area (Å²) in [6.45, 7) is 9.31. The summed E-state index contributed by atoms with van der Waals surface area (Å²) < 4.78 is 23.1. The third-order valence-electron chi connectivity index (χ3n) is 5.96. The van der Waals surface area contributed by atoms with E-state index >= 15 is 0 Å². The molecule has 3 atom stereocenters. The number of esters is 1. The van der Waals surface area contributed by atoms with Crippen LogP contribution in [0.4, 0.5) is 0 Å². The van der Waals surface area contributed by atoms with Gasteiger partial charge in [-0.25, -0.2) is 0 Å². The highest BCUT2D eigenvalue weighted by Crippen LogP contribution is 2.59. The van der Waals surface area contributed by atoms with Crippen molar-refractivity contribution in [1.82, 2.24) is 0 Å². The quantitative estimate of drug-likeness (QED) is 0.751. The fourth-order valence-electron chi connectivity index (χ4n) is 4.79. The highest BCUT2D eigenvalue weighted by molar-refractivity contribution is 5.83.